The SMILES string of the molecule is CCC1CCC2(C)C(C=O)CCC2C1C. The van der Waals surface area contributed by atoms with Crippen LogP contribution in [0.25, 0.3) is 0 Å². The maximum atomic E-state index is 11.1. The second-order valence-corrected chi connectivity index (χ2v) is 6.00. The molecule has 0 saturated heterocycles. The van der Waals surface area contributed by atoms with Gasteiger partial charge in [-0.05, 0) is 48.9 Å². The van der Waals surface area contributed by atoms with Crippen LogP contribution in [-0.2, 0) is 4.79 Å². The van der Waals surface area contributed by atoms with Gasteiger partial charge in [0.1, 0.15) is 6.29 Å². The van der Waals surface area contributed by atoms with Crippen LogP contribution in [0.3, 0.4) is 0 Å². The van der Waals surface area contributed by atoms with Crippen molar-refractivity contribution in [3.8, 4) is 0 Å². The van der Waals surface area contributed by atoms with E-state index in [0.717, 1.165) is 24.2 Å². The van der Waals surface area contributed by atoms with E-state index in [1.54, 1.807) is 0 Å². The van der Waals surface area contributed by atoms with Crippen LogP contribution in [0.1, 0.15) is 52.9 Å². The first-order chi connectivity index (χ1) is 7.13. The molecule has 0 amide bonds. The van der Waals surface area contributed by atoms with Crippen molar-refractivity contribution >= 4 is 6.29 Å². The summed E-state index contributed by atoms with van der Waals surface area (Å²) in [6.45, 7) is 7.10. The van der Waals surface area contributed by atoms with E-state index >= 15 is 0 Å². The summed E-state index contributed by atoms with van der Waals surface area (Å²) in [4.78, 5) is 11.1. The van der Waals surface area contributed by atoms with E-state index in [1.165, 1.54) is 32.0 Å². The fourth-order valence-corrected chi connectivity index (χ4v) is 4.42. The zero-order valence-corrected chi connectivity index (χ0v) is 10.3. The van der Waals surface area contributed by atoms with Gasteiger partial charge in [0.25, 0.3) is 0 Å². The Balaban J connectivity index is 2.19. The number of carbonyl (C=O) groups is 1. The molecule has 2 rings (SSSR count). The number of rotatable bonds is 2. The number of aldehydes is 1. The topological polar surface area (TPSA) is 17.1 Å². The molecule has 2 saturated carbocycles. The minimum atomic E-state index is 0.340. The van der Waals surface area contributed by atoms with E-state index in [9.17, 15) is 4.79 Å². The van der Waals surface area contributed by atoms with Crippen LogP contribution < -0.4 is 0 Å². The maximum absolute atomic E-state index is 11.1. The third kappa shape index (κ3) is 1.55. The van der Waals surface area contributed by atoms with E-state index in [1.807, 2.05) is 0 Å². The Hall–Kier alpha value is -0.330. The van der Waals surface area contributed by atoms with Gasteiger partial charge in [-0.1, -0.05) is 27.2 Å². The molecule has 1 heteroatoms. The Bertz CT molecular complexity index is 248. The van der Waals surface area contributed by atoms with Crippen LogP contribution in [0.4, 0.5) is 0 Å². The van der Waals surface area contributed by atoms with Crippen LogP contribution in [-0.4, -0.2) is 6.29 Å². The molecule has 5 atom stereocenters. The zero-order chi connectivity index (χ0) is 11.1. The fraction of sp³-hybridized carbons (Fsp3) is 0.929. The van der Waals surface area contributed by atoms with Crippen LogP contribution in [0, 0.1) is 29.1 Å². The number of carbonyl (C=O) groups excluding carboxylic acids is 1. The van der Waals surface area contributed by atoms with Gasteiger partial charge in [-0.25, -0.2) is 0 Å². The molecule has 0 bridgehead atoms. The average molecular weight is 208 g/mol. The lowest BCUT2D eigenvalue weighted by atomic mass is 9.58. The second-order valence-electron chi connectivity index (χ2n) is 6.00. The molecule has 0 spiro atoms. The van der Waals surface area contributed by atoms with Gasteiger partial charge in [0.15, 0.2) is 0 Å². The quantitative estimate of drug-likeness (QED) is 0.633. The van der Waals surface area contributed by atoms with E-state index < -0.39 is 0 Å². The fourth-order valence-electron chi connectivity index (χ4n) is 4.42. The predicted molar refractivity (Wildman–Crippen MR) is 62.6 cm³/mol. The maximum Gasteiger partial charge on any atom is 0.123 e. The lowest BCUT2D eigenvalue weighted by molar-refractivity contribution is -0.115. The predicted octanol–water partition coefficient (Wildman–Crippen LogP) is 3.67. The van der Waals surface area contributed by atoms with Crippen molar-refractivity contribution in [1.82, 2.24) is 0 Å². The van der Waals surface area contributed by atoms with Gasteiger partial charge in [-0.15, -0.1) is 0 Å². The summed E-state index contributed by atoms with van der Waals surface area (Å²) in [7, 11) is 0. The molecule has 0 radical (unpaired) electrons. The first-order valence-electron chi connectivity index (χ1n) is 6.58. The minimum Gasteiger partial charge on any atom is -0.303 e. The van der Waals surface area contributed by atoms with Crippen molar-refractivity contribution in [2.45, 2.75) is 52.9 Å². The number of hydrogen-bond acceptors (Lipinski definition) is 1. The summed E-state index contributed by atoms with van der Waals surface area (Å²) in [5.74, 6) is 2.90. The van der Waals surface area contributed by atoms with Gasteiger partial charge in [-0.2, -0.15) is 0 Å². The molecule has 0 aromatic rings. The van der Waals surface area contributed by atoms with Crippen LogP contribution >= 0.6 is 0 Å². The molecule has 0 N–H and O–H groups in total. The summed E-state index contributed by atoms with van der Waals surface area (Å²) < 4.78 is 0. The first-order valence-corrected chi connectivity index (χ1v) is 6.58. The zero-order valence-electron chi connectivity index (χ0n) is 10.3. The smallest absolute Gasteiger partial charge is 0.123 e. The summed E-state index contributed by atoms with van der Waals surface area (Å²) in [6.07, 6.45) is 7.61. The normalized spacial score (nSPS) is 50.1. The third-order valence-electron chi connectivity index (χ3n) is 5.60. The van der Waals surface area contributed by atoms with Gasteiger partial charge in [0.05, 0.1) is 0 Å². The average Bonchev–Trinajstić information content (AvgIpc) is 2.56. The Labute approximate surface area is 93.6 Å². The van der Waals surface area contributed by atoms with Crippen LogP contribution in [0.2, 0.25) is 0 Å². The molecule has 86 valence electrons. The molecular weight excluding hydrogens is 184 g/mol. The van der Waals surface area contributed by atoms with Gasteiger partial charge >= 0.3 is 0 Å². The Morgan fingerprint density at radius 2 is 2.07 bits per heavy atom. The van der Waals surface area contributed by atoms with E-state index in [-0.39, 0.29) is 0 Å². The van der Waals surface area contributed by atoms with Crippen molar-refractivity contribution in [1.29, 1.82) is 0 Å². The molecule has 0 aromatic heterocycles. The highest BCUT2D eigenvalue weighted by molar-refractivity contribution is 5.56. The molecule has 2 fully saturated rings. The molecule has 2 aliphatic rings. The second kappa shape index (κ2) is 3.92. The van der Waals surface area contributed by atoms with Gasteiger partial charge in [0, 0.05) is 5.92 Å². The monoisotopic (exact) mass is 208 g/mol. The Morgan fingerprint density at radius 1 is 1.33 bits per heavy atom. The van der Waals surface area contributed by atoms with Crippen LogP contribution in [0.5, 0.6) is 0 Å². The molecule has 1 nitrogen and oxygen atoms in total. The molecule has 0 aliphatic heterocycles. The summed E-state index contributed by atoms with van der Waals surface area (Å²) >= 11 is 0. The van der Waals surface area contributed by atoms with Crippen molar-refractivity contribution in [2.75, 3.05) is 0 Å². The van der Waals surface area contributed by atoms with Crippen molar-refractivity contribution in [3.05, 3.63) is 0 Å². The van der Waals surface area contributed by atoms with E-state index in [0.29, 0.717) is 11.3 Å². The molecule has 0 heterocycles. The Kier molecular flexibility index (Phi) is 2.92. The summed E-state index contributed by atoms with van der Waals surface area (Å²) in [5.41, 5.74) is 0.340. The van der Waals surface area contributed by atoms with Gasteiger partial charge in [0.2, 0.25) is 0 Å². The highest BCUT2D eigenvalue weighted by Gasteiger charge is 2.51. The third-order valence-corrected chi connectivity index (χ3v) is 5.60. The number of fused-ring (bicyclic) bond motifs is 1. The van der Waals surface area contributed by atoms with Crippen molar-refractivity contribution in [3.63, 3.8) is 0 Å². The van der Waals surface area contributed by atoms with E-state index in [4.69, 9.17) is 0 Å². The Morgan fingerprint density at radius 3 is 2.67 bits per heavy atom. The summed E-state index contributed by atoms with van der Waals surface area (Å²) in [5, 5.41) is 0. The summed E-state index contributed by atoms with van der Waals surface area (Å²) in [6, 6.07) is 0. The largest absolute Gasteiger partial charge is 0.303 e. The number of hydrogen-bond donors (Lipinski definition) is 0. The van der Waals surface area contributed by atoms with Crippen molar-refractivity contribution < 1.29 is 4.79 Å². The lowest BCUT2D eigenvalue weighted by Crippen LogP contribution is -2.40. The van der Waals surface area contributed by atoms with Crippen LogP contribution in [0.15, 0.2) is 0 Å². The van der Waals surface area contributed by atoms with Crippen molar-refractivity contribution in [2.24, 2.45) is 29.1 Å². The highest BCUT2D eigenvalue weighted by atomic mass is 16.1. The standard InChI is InChI=1S/C14H24O/c1-4-11-7-8-14(3)12(9-15)5-6-13(14)10(11)2/h9-13H,4-8H2,1-3H3. The molecule has 2 aliphatic carbocycles. The van der Waals surface area contributed by atoms with Gasteiger partial charge in [-0.3, -0.25) is 0 Å². The van der Waals surface area contributed by atoms with E-state index in [2.05, 4.69) is 20.8 Å². The highest BCUT2D eigenvalue weighted by Crippen LogP contribution is 2.58. The molecule has 0 aromatic carbocycles. The molecule has 15 heavy (non-hydrogen) atoms. The molecular formula is C14H24O. The first kappa shape index (κ1) is 11.2. The molecule has 5 unspecified atom stereocenters. The minimum absolute atomic E-state index is 0.340. The lowest BCUT2D eigenvalue weighted by Gasteiger charge is -2.46. The van der Waals surface area contributed by atoms with Gasteiger partial charge < -0.3 is 4.79 Å².